The highest BCUT2D eigenvalue weighted by molar-refractivity contribution is 6.21. The maximum atomic E-state index is 12.2. The summed E-state index contributed by atoms with van der Waals surface area (Å²) in [5.74, 6) is -0.904. The van der Waals surface area contributed by atoms with Crippen LogP contribution in [0.5, 0.6) is 0 Å². The summed E-state index contributed by atoms with van der Waals surface area (Å²) >= 11 is 0. The van der Waals surface area contributed by atoms with Gasteiger partial charge in [0.1, 0.15) is 6.23 Å². The number of hydrogen-bond acceptors (Lipinski definition) is 5. The van der Waals surface area contributed by atoms with E-state index >= 15 is 0 Å². The maximum absolute atomic E-state index is 12.2. The quantitative estimate of drug-likeness (QED) is 0.702. The average Bonchev–Trinajstić information content (AvgIpc) is 2.61. The first-order valence-electron chi connectivity index (χ1n) is 6.06. The van der Waals surface area contributed by atoms with Crippen molar-refractivity contribution in [2.45, 2.75) is 31.5 Å². The molecular formula is C13H13NO5. The zero-order chi connectivity index (χ0) is 13.6. The van der Waals surface area contributed by atoms with E-state index in [9.17, 15) is 19.8 Å². The lowest BCUT2D eigenvalue weighted by Gasteiger charge is -2.34. The van der Waals surface area contributed by atoms with Gasteiger partial charge in [0.25, 0.3) is 11.8 Å². The molecule has 2 amide bonds. The highest BCUT2D eigenvalue weighted by atomic mass is 16.6. The molecule has 0 radical (unpaired) electrons. The second-order valence-electron chi connectivity index (χ2n) is 4.70. The molecule has 0 spiro atoms. The molecule has 100 valence electrons. The van der Waals surface area contributed by atoms with Crippen LogP contribution in [0.2, 0.25) is 0 Å². The van der Waals surface area contributed by atoms with Gasteiger partial charge in [0.05, 0.1) is 17.2 Å². The van der Waals surface area contributed by atoms with Crippen LogP contribution in [0.15, 0.2) is 24.3 Å². The highest BCUT2D eigenvalue weighted by Crippen LogP contribution is 2.29. The summed E-state index contributed by atoms with van der Waals surface area (Å²) in [7, 11) is 0. The Hall–Kier alpha value is -1.76. The predicted octanol–water partition coefficient (Wildman–Crippen LogP) is 0.0984. The third kappa shape index (κ3) is 1.94. The van der Waals surface area contributed by atoms with E-state index in [4.69, 9.17) is 4.74 Å². The first-order valence-corrected chi connectivity index (χ1v) is 6.06. The number of imide groups is 1. The Morgan fingerprint density at radius 1 is 1.05 bits per heavy atom. The van der Waals surface area contributed by atoms with Gasteiger partial charge < -0.3 is 14.9 Å². The van der Waals surface area contributed by atoms with Crippen LogP contribution in [-0.4, -0.2) is 45.5 Å². The lowest BCUT2D eigenvalue weighted by atomic mass is 10.1. The number of aliphatic hydroxyl groups excluding tert-OH is 2. The molecule has 2 N–H and O–H groups in total. The summed E-state index contributed by atoms with van der Waals surface area (Å²) in [6.07, 6.45) is -2.69. The van der Waals surface area contributed by atoms with E-state index in [0.717, 1.165) is 4.90 Å². The van der Waals surface area contributed by atoms with Gasteiger partial charge in [-0.1, -0.05) is 12.1 Å². The van der Waals surface area contributed by atoms with Crippen LogP contribution in [0.3, 0.4) is 0 Å². The molecule has 19 heavy (non-hydrogen) atoms. The van der Waals surface area contributed by atoms with E-state index < -0.39 is 30.4 Å². The molecule has 2 heterocycles. The zero-order valence-corrected chi connectivity index (χ0v) is 10.0. The van der Waals surface area contributed by atoms with Crippen molar-refractivity contribution < 1.29 is 24.5 Å². The molecule has 1 fully saturated rings. The van der Waals surface area contributed by atoms with E-state index in [1.807, 2.05) is 0 Å². The monoisotopic (exact) mass is 263 g/mol. The molecule has 2 aliphatic rings. The summed E-state index contributed by atoms with van der Waals surface area (Å²) in [5, 5.41) is 19.1. The molecule has 3 rings (SSSR count). The largest absolute Gasteiger partial charge is 0.393 e. The van der Waals surface area contributed by atoms with Crippen molar-refractivity contribution in [3.63, 3.8) is 0 Å². The zero-order valence-electron chi connectivity index (χ0n) is 10.0. The minimum absolute atomic E-state index is 0.0830. The van der Waals surface area contributed by atoms with E-state index in [1.165, 1.54) is 0 Å². The number of hydrogen-bond donors (Lipinski definition) is 2. The van der Waals surface area contributed by atoms with Crippen molar-refractivity contribution in [3.05, 3.63) is 35.4 Å². The van der Waals surface area contributed by atoms with Gasteiger partial charge >= 0.3 is 0 Å². The fourth-order valence-electron chi connectivity index (χ4n) is 2.49. The molecule has 6 heteroatoms. The fraction of sp³-hybridized carbons (Fsp3) is 0.385. The van der Waals surface area contributed by atoms with E-state index in [1.54, 1.807) is 24.3 Å². The van der Waals surface area contributed by atoms with Crippen molar-refractivity contribution in [2.24, 2.45) is 0 Å². The van der Waals surface area contributed by atoms with Crippen LogP contribution >= 0.6 is 0 Å². The van der Waals surface area contributed by atoms with Crippen LogP contribution in [0.25, 0.3) is 0 Å². The number of benzene rings is 1. The summed E-state index contributed by atoms with van der Waals surface area (Å²) in [6, 6.07) is 6.51. The molecule has 0 bridgehead atoms. The molecule has 1 aromatic carbocycles. The third-order valence-electron chi connectivity index (χ3n) is 3.38. The van der Waals surface area contributed by atoms with Crippen LogP contribution in [0, 0.1) is 0 Å². The smallest absolute Gasteiger partial charge is 0.263 e. The average molecular weight is 263 g/mol. The van der Waals surface area contributed by atoms with Crippen LogP contribution in [-0.2, 0) is 4.74 Å². The van der Waals surface area contributed by atoms with Gasteiger partial charge in [-0.2, -0.15) is 0 Å². The number of nitrogens with zero attached hydrogens (tertiary/aromatic N) is 1. The normalized spacial score (nSPS) is 30.6. The van der Waals surface area contributed by atoms with Crippen molar-refractivity contribution in [1.82, 2.24) is 4.90 Å². The minimum Gasteiger partial charge on any atom is -0.393 e. The molecule has 0 saturated carbocycles. The number of rotatable bonds is 1. The molecule has 0 aliphatic carbocycles. The lowest BCUT2D eigenvalue weighted by Crippen LogP contribution is -2.48. The summed E-state index contributed by atoms with van der Waals surface area (Å²) in [6.45, 7) is 0. The Bertz CT molecular complexity index is 499. The Balaban J connectivity index is 1.91. The Morgan fingerprint density at radius 3 is 2.16 bits per heavy atom. The molecule has 6 nitrogen and oxygen atoms in total. The minimum atomic E-state index is -1.17. The van der Waals surface area contributed by atoms with Crippen molar-refractivity contribution in [3.8, 4) is 0 Å². The van der Waals surface area contributed by atoms with E-state index in [-0.39, 0.29) is 12.8 Å². The van der Waals surface area contributed by atoms with Gasteiger partial charge in [-0.05, 0) is 12.1 Å². The van der Waals surface area contributed by atoms with Crippen LogP contribution < -0.4 is 0 Å². The van der Waals surface area contributed by atoms with Gasteiger partial charge in [0.15, 0.2) is 6.29 Å². The molecule has 2 aliphatic heterocycles. The van der Waals surface area contributed by atoms with Crippen molar-refractivity contribution >= 4 is 11.8 Å². The molecule has 1 saturated heterocycles. The highest BCUT2D eigenvalue weighted by Gasteiger charge is 2.43. The van der Waals surface area contributed by atoms with Crippen LogP contribution in [0.1, 0.15) is 33.6 Å². The Kier molecular flexibility index (Phi) is 2.85. The number of carbonyl (C=O) groups excluding carboxylic acids is 2. The summed E-state index contributed by atoms with van der Waals surface area (Å²) in [5.41, 5.74) is 0.649. The van der Waals surface area contributed by atoms with Gasteiger partial charge in [-0.3, -0.25) is 9.59 Å². The van der Waals surface area contributed by atoms with Crippen molar-refractivity contribution in [1.29, 1.82) is 0 Å². The van der Waals surface area contributed by atoms with Crippen molar-refractivity contribution in [2.75, 3.05) is 0 Å². The van der Waals surface area contributed by atoms with Gasteiger partial charge in [-0.25, -0.2) is 4.90 Å². The maximum Gasteiger partial charge on any atom is 0.263 e. The predicted molar refractivity (Wildman–Crippen MR) is 63.1 cm³/mol. The van der Waals surface area contributed by atoms with Crippen LogP contribution in [0.4, 0.5) is 0 Å². The fourth-order valence-corrected chi connectivity index (χ4v) is 2.49. The van der Waals surface area contributed by atoms with E-state index in [0.29, 0.717) is 11.1 Å². The number of aliphatic hydroxyl groups is 2. The first kappa shape index (κ1) is 12.3. The topological polar surface area (TPSA) is 87.1 Å². The van der Waals surface area contributed by atoms with E-state index in [2.05, 4.69) is 0 Å². The number of carbonyl (C=O) groups is 2. The summed E-state index contributed by atoms with van der Waals surface area (Å²) < 4.78 is 5.19. The van der Waals surface area contributed by atoms with Gasteiger partial charge in [0.2, 0.25) is 0 Å². The Labute approximate surface area is 109 Å². The SMILES string of the molecule is O=C1c2ccccc2C(=O)N1C1CC(O)CC(O)O1. The standard InChI is InChI=1S/C13H13NO5/c15-7-5-10(19-11(16)6-7)14-12(17)8-3-1-2-4-9(8)13(14)18/h1-4,7,10-11,15-16H,5-6H2. The number of ether oxygens (including phenoxy) is 1. The number of amides is 2. The molecule has 1 aromatic rings. The summed E-state index contributed by atoms with van der Waals surface area (Å²) in [4.78, 5) is 25.3. The van der Waals surface area contributed by atoms with Gasteiger partial charge in [0, 0.05) is 12.8 Å². The molecule has 3 atom stereocenters. The Morgan fingerprint density at radius 2 is 1.63 bits per heavy atom. The molecule has 0 aromatic heterocycles. The second-order valence-corrected chi connectivity index (χ2v) is 4.70. The second kappa shape index (κ2) is 4.41. The first-order chi connectivity index (χ1) is 9.08. The lowest BCUT2D eigenvalue weighted by molar-refractivity contribution is -0.213. The molecule has 3 unspecified atom stereocenters. The third-order valence-corrected chi connectivity index (χ3v) is 3.38. The number of fused-ring (bicyclic) bond motifs is 1. The van der Waals surface area contributed by atoms with Gasteiger partial charge in [-0.15, -0.1) is 0 Å². The molecular weight excluding hydrogens is 250 g/mol.